The summed E-state index contributed by atoms with van der Waals surface area (Å²) in [5.74, 6) is -0.204. The molecule has 17 heavy (non-hydrogen) atoms. The maximum Gasteiger partial charge on any atom is 0.323 e. The van der Waals surface area contributed by atoms with Crippen LogP contribution >= 0.6 is 0 Å². The van der Waals surface area contributed by atoms with Gasteiger partial charge in [-0.15, -0.1) is 6.58 Å². The zero-order chi connectivity index (χ0) is 12.5. The van der Waals surface area contributed by atoms with Crippen LogP contribution in [0.25, 0.3) is 5.53 Å². The molecule has 0 amide bonds. The summed E-state index contributed by atoms with van der Waals surface area (Å²) < 4.78 is 11.2. The fraction of sp³-hybridized carbons (Fsp3) is 0.667. The van der Waals surface area contributed by atoms with Crippen LogP contribution in [-0.4, -0.2) is 42.2 Å². The molecule has 0 aromatic heterocycles. The second-order valence-corrected chi connectivity index (χ2v) is 3.96. The third-order valence-corrected chi connectivity index (χ3v) is 2.68. The number of hydrogen-bond acceptors (Lipinski definition) is 3. The van der Waals surface area contributed by atoms with Crippen molar-refractivity contribution in [3.63, 3.8) is 0 Å². The molecule has 1 saturated heterocycles. The van der Waals surface area contributed by atoms with Gasteiger partial charge in [0.05, 0.1) is 18.8 Å². The van der Waals surface area contributed by atoms with Crippen LogP contribution in [0, 0.1) is 0 Å². The molecular formula is C12H18N2O3. The molecule has 2 atom stereocenters. The Morgan fingerprint density at radius 2 is 2.47 bits per heavy atom. The summed E-state index contributed by atoms with van der Waals surface area (Å²) in [6.07, 6.45) is 5.42. The summed E-state index contributed by atoms with van der Waals surface area (Å²) in [4.78, 5) is 13.9. The minimum atomic E-state index is -0.204. The fourth-order valence-electron chi connectivity index (χ4n) is 1.88. The molecule has 0 N–H and O–H groups in total. The first-order chi connectivity index (χ1) is 8.27. The van der Waals surface area contributed by atoms with Gasteiger partial charge in [0.1, 0.15) is 0 Å². The highest BCUT2D eigenvalue weighted by Gasteiger charge is 2.26. The van der Waals surface area contributed by atoms with Gasteiger partial charge in [0.25, 0.3) is 0 Å². The summed E-state index contributed by atoms with van der Waals surface area (Å²) in [6.45, 7) is 4.81. The van der Waals surface area contributed by atoms with E-state index in [1.807, 2.05) is 0 Å². The number of ether oxygens (including phenoxy) is 2. The van der Waals surface area contributed by atoms with E-state index in [0.29, 0.717) is 26.1 Å². The lowest BCUT2D eigenvalue weighted by molar-refractivity contribution is -0.121. The second kappa shape index (κ2) is 7.90. The average molecular weight is 238 g/mol. The van der Waals surface area contributed by atoms with Gasteiger partial charge in [-0.2, -0.15) is 4.79 Å². The van der Waals surface area contributed by atoms with E-state index in [2.05, 4.69) is 11.4 Å². The Kier molecular flexibility index (Phi) is 6.40. The van der Waals surface area contributed by atoms with Crippen molar-refractivity contribution in [2.75, 3.05) is 13.2 Å². The molecule has 5 nitrogen and oxygen atoms in total. The van der Waals surface area contributed by atoms with E-state index in [4.69, 9.17) is 15.0 Å². The molecule has 5 heteroatoms. The van der Waals surface area contributed by atoms with Gasteiger partial charge in [0, 0.05) is 13.0 Å². The zero-order valence-corrected chi connectivity index (χ0v) is 9.88. The molecule has 1 heterocycles. The van der Waals surface area contributed by atoms with Crippen molar-refractivity contribution in [3.8, 4) is 0 Å². The number of ketones is 1. The number of carbonyl (C=O) groups is 1. The molecule has 0 radical (unpaired) electrons. The highest BCUT2D eigenvalue weighted by Crippen LogP contribution is 2.21. The van der Waals surface area contributed by atoms with E-state index in [0.717, 1.165) is 19.1 Å². The van der Waals surface area contributed by atoms with Crippen molar-refractivity contribution in [2.45, 2.75) is 37.9 Å². The smallest absolute Gasteiger partial charge is 0.323 e. The summed E-state index contributed by atoms with van der Waals surface area (Å²) in [6, 6.07) is 0. The molecule has 94 valence electrons. The Bertz CT molecular complexity index is 311. The van der Waals surface area contributed by atoms with Crippen LogP contribution in [0.1, 0.15) is 25.7 Å². The summed E-state index contributed by atoms with van der Waals surface area (Å²) in [5, 5.41) is 0. The van der Waals surface area contributed by atoms with E-state index in [1.165, 1.54) is 0 Å². The van der Waals surface area contributed by atoms with Crippen LogP contribution in [0.4, 0.5) is 0 Å². The molecule has 0 unspecified atom stereocenters. The Morgan fingerprint density at radius 1 is 1.65 bits per heavy atom. The lowest BCUT2D eigenvalue weighted by atomic mass is 10.00. The van der Waals surface area contributed by atoms with Gasteiger partial charge < -0.3 is 15.0 Å². The SMILES string of the molecule is C=CCO[C@@H]1CCCO[C@H]1CCC(=O)C=[N+]=[N-]. The van der Waals surface area contributed by atoms with E-state index in [-0.39, 0.29) is 18.0 Å². The predicted molar refractivity (Wildman–Crippen MR) is 62.8 cm³/mol. The molecule has 1 fully saturated rings. The minimum Gasteiger partial charge on any atom is -0.376 e. The third kappa shape index (κ3) is 5.04. The Hall–Kier alpha value is -1.29. The van der Waals surface area contributed by atoms with Crippen molar-refractivity contribution in [3.05, 3.63) is 18.2 Å². The molecule has 1 aliphatic heterocycles. The maximum absolute atomic E-state index is 11.2. The third-order valence-electron chi connectivity index (χ3n) is 2.68. The van der Waals surface area contributed by atoms with Crippen LogP contribution in [0.3, 0.4) is 0 Å². The number of Topliss-reactive ketones (excluding diaryl/α,β-unsaturated/α-hetero) is 1. The molecule has 0 spiro atoms. The van der Waals surface area contributed by atoms with E-state index >= 15 is 0 Å². The first-order valence-electron chi connectivity index (χ1n) is 5.82. The van der Waals surface area contributed by atoms with Gasteiger partial charge >= 0.3 is 6.21 Å². The molecule has 0 aromatic carbocycles. The maximum atomic E-state index is 11.2. The number of hydrogen-bond donors (Lipinski definition) is 0. The molecule has 1 rings (SSSR count). The van der Waals surface area contributed by atoms with E-state index in [9.17, 15) is 4.79 Å². The fourth-order valence-corrected chi connectivity index (χ4v) is 1.88. The number of carbonyl (C=O) groups excluding carboxylic acids is 1. The van der Waals surface area contributed by atoms with Gasteiger partial charge in [-0.05, 0) is 19.3 Å². The van der Waals surface area contributed by atoms with Gasteiger partial charge in [0.15, 0.2) is 0 Å². The standard InChI is InChI=1S/C12H18N2O3/c1-2-7-16-11-4-3-8-17-12(11)6-5-10(15)9-14-13/h2,9,11-12H,1,3-8H2/t11-,12+/m1/s1. The van der Waals surface area contributed by atoms with Gasteiger partial charge in [0.2, 0.25) is 5.78 Å². The second-order valence-electron chi connectivity index (χ2n) is 3.96. The highest BCUT2D eigenvalue weighted by atomic mass is 16.5. The van der Waals surface area contributed by atoms with Crippen molar-refractivity contribution in [1.29, 1.82) is 0 Å². The van der Waals surface area contributed by atoms with Crippen LogP contribution in [0.15, 0.2) is 12.7 Å². The van der Waals surface area contributed by atoms with Crippen molar-refractivity contribution in [1.82, 2.24) is 0 Å². The predicted octanol–water partition coefficient (Wildman–Crippen LogP) is 1.39. The highest BCUT2D eigenvalue weighted by molar-refractivity contribution is 6.25. The summed E-state index contributed by atoms with van der Waals surface area (Å²) in [5.41, 5.74) is 8.22. The normalized spacial score (nSPS) is 23.8. The van der Waals surface area contributed by atoms with Crippen molar-refractivity contribution in [2.24, 2.45) is 0 Å². The van der Waals surface area contributed by atoms with Crippen LogP contribution in [-0.2, 0) is 14.3 Å². The van der Waals surface area contributed by atoms with Gasteiger partial charge in [-0.3, -0.25) is 4.79 Å². The molecule has 0 saturated carbocycles. The van der Waals surface area contributed by atoms with Gasteiger partial charge in [-0.1, -0.05) is 6.08 Å². The topological polar surface area (TPSA) is 71.9 Å². The monoisotopic (exact) mass is 238 g/mol. The summed E-state index contributed by atoms with van der Waals surface area (Å²) in [7, 11) is 0. The lowest BCUT2D eigenvalue weighted by Crippen LogP contribution is -2.36. The van der Waals surface area contributed by atoms with Crippen LogP contribution in [0.2, 0.25) is 0 Å². The van der Waals surface area contributed by atoms with E-state index in [1.54, 1.807) is 6.08 Å². The first-order valence-corrected chi connectivity index (χ1v) is 5.82. The summed E-state index contributed by atoms with van der Waals surface area (Å²) >= 11 is 0. The van der Waals surface area contributed by atoms with Crippen molar-refractivity contribution >= 4 is 12.0 Å². The zero-order valence-electron chi connectivity index (χ0n) is 9.88. The lowest BCUT2D eigenvalue weighted by Gasteiger charge is -2.31. The van der Waals surface area contributed by atoms with E-state index < -0.39 is 0 Å². The van der Waals surface area contributed by atoms with Crippen LogP contribution in [0.5, 0.6) is 0 Å². The van der Waals surface area contributed by atoms with Crippen LogP contribution < -0.4 is 0 Å². The van der Waals surface area contributed by atoms with Gasteiger partial charge in [-0.25, -0.2) is 0 Å². The molecular weight excluding hydrogens is 220 g/mol. The minimum absolute atomic E-state index is 0.0283. The molecule has 1 aliphatic rings. The average Bonchev–Trinajstić information content (AvgIpc) is 2.35. The quantitative estimate of drug-likeness (QED) is 0.291. The Morgan fingerprint density at radius 3 is 3.18 bits per heavy atom. The molecule has 0 aliphatic carbocycles. The largest absolute Gasteiger partial charge is 0.376 e. The Labute approximate surface area is 101 Å². The number of nitrogens with zero attached hydrogens (tertiary/aromatic N) is 2. The first kappa shape index (κ1) is 13.8. The van der Waals surface area contributed by atoms with Crippen molar-refractivity contribution < 1.29 is 19.1 Å². The Balaban J connectivity index is 2.39. The number of rotatable bonds is 7. The molecule has 0 aromatic rings. The molecule has 0 bridgehead atoms.